The van der Waals surface area contributed by atoms with Crippen LogP contribution in [0.5, 0.6) is 5.75 Å². The maximum Gasteiger partial charge on any atom is 0.252 e. The Balaban J connectivity index is 0.00000338. The number of aromatic nitrogens is 2. The van der Waals surface area contributed by atoms with Crippen LogP contribution < -0.4 is 21.3 Å². The van der Waals surface area contributed by atoms with Gasteiger partial charge in [0.1, 0.15) is 5.75 Å². The van der Waals surface area contributed by atoms with Crippen LogP contribution in [0.15, 0.2) is 29.1 Å². The monoisotopic (exact) mass is 418 g/mol. The number of H-pyrrole nitrogens is 1. The van der Waals surface area contributed by atoms with Crippen molar-refractivity contribution in [2.24, 2.45) is 5.73 Å². The van der Waals surface area contributed by atoms with E-state index in [4.69, 9.17) is 34.3 Å². The second kappa shape index (κ2) is 10.3. The summed E-state index contributed by atoms with van der Waals surface area (Å²) in [6, 6.07) is 6.64. The molecule has 26 heavy (non-hydrogen) atoms. The summed E-state index contributed by atoms with van der Waals surface area (Å²) in [5, 5.41) is 3.46. The largest absolute Gasteiger partial charge is 0.496 e. The average molecular weight is 419 g/mol. The van der Waals surface area contributed by atoms with E-state index in [2.05, 4.69) is 10.3 Å². The molecule has 0 unspecified atom stereocenters. The average Bonchev–Trinajstić information content (AvgIpc) is 2.55. The fraction of sp³-hybridized carbons (Fsp3) is 0.312. The summed E-state index contributed by atoms with van der Waals surface area (Å²) in [5.41, 5.74) is 6.07. The van der Waals surface area contributed by atoms with Crippen LogP contribution in [-0.2, 0) is 11.3 Å². The van der Waals surface area contributed by atoms with E-state index >= 15 is 0 Å². The molecule has 1 heterocycles. The standard InChI is InChI=1S/C16H19ClN4O3S.ClH/c1-24-13-4-3-10(17)7-11(13)12-8-15(23)20-16(25)21(12)6-2-5-19-9-14(18)22;/h3-4,7-8,19H,2,5-6,9H2,1H3,(H2,18,22)(H,20,23,25);1H. The van der Waals surface area contributed by atoms with Gasteiger partial charge < -0.3 is 20.4 Å². The van der Waals surface area contributed by atoms with E-state index in [9.17, 15) is 9.59 Å². The van der Waals surface area contributed by atoms with Crippen molar-refractivity contribution in [1.29, 1.82) is 0 Å². The number of nitrogens with one attached hydrogen (secondary N) is 2. The van der Waals surface area contributed by atoms with Crippen LogP contribution in [0.25, 0.3) is 11.3 Å². The minimum atomic E-state index is -0.412. The summed E-state index contributed by atoms with van der Waals surface area (Å²) in [6.07, 6.45) is 0.684. The minimum absolute atomic E-state index is 0. The van der Waals surface area contributed by atoms with Crippen LogP contribution in [0.2, 0.25) is 5.02 Å². The maximum absolute atomic E-state index is 11.9. The van der Waals surface area contributed by atoms with Gasteiger partial charge in [0.15, 0.2) is 4.77 Å². The maximum atomic E-state index is 11.9. The van der Waals surface area contributed by atoms with Crippen LogP contribution >= 0.6 is 36.2 Å². The molecule has 0 fully saturated rings. The highest BCUT2D eigenvalue weighted by Crippen LogP contribution is 2.32. The second-order valence-electron chi connectivity index (χ2n) is 5.32. The summed E-state index contributed by atoms with van der Waals surface area (Å²) in [4.78, 5) is 25.3. The predicted molar refractivity (Wildman–Crippen MR) is 107 cm³/mol. The number of nitrogens with two attached hydrogens (primary N) is 1. The highest BCUT2D eigenvalue weighted by molar-refractivity contribution is 7.71. The van der Waals surface area contributed by atoms with Gasteiger partial charge in [-0.25, -0.2) is 0 Å². The quantitative estimate of drug-likeness (QED) is 0.450. The van der Waals surface area contributed by atoms with Gasteiger partial charge in [0.25, 0.3) is 5.56 Å². The van der Waals surface area contributed by atoms with Crippen LogP contribution in [0, 0.1) is 4.77 Å². The molecule has 0 atom stereocenters. The van der Waals surface area contributed by atoms with E-state index in [-0.39, 0.29) is 24.5 Å². The zero-order valence-corrected chi connectivity index (χ0v) is 16.5. The molecule has 142 valence electrons. The van der Waals surface area contributed by atoms with Crippen molar-refractivity contribution in [1.82, 2.24) is 14.9 Å². The molecular formula is C16H20Cl2N4O3S. The molecule has 1 aromatic carbocycles. The molecule has 0 bridgehead atoms. The number of ether oxygens (including phenoxy) is 1. The smallest absolute Gasteiger partial charge is 0.252 e. The molecule has 0 saturated carbocycles. The lowest BCUT2D eigenvalue weighted by molar-refractivity contribution is -0.117. The SMILES string of the molecule is COc1ccc(Cl)cc1-c1cc(=O)[nH]c(=S)n1CCCNCC(N)=O.Cl. The molecule has 2 rings (SSSR count). The Bertz CT molecular complexity index is 883. The molecule has 1 aromatic heterocycles. The molecule has 0 aliphatic heterocycles. The molecule has 4 N–H and O–H groups in total. The van der Waals surface area contributed by atoms with Crippen LogP contribution in [-0.4, -0.2) is 35.7 Å². The van der Waals surface area contributed by atoms with Gasteiger partial charge in [-0.15, -0.1) is 12.4 Å². The Kier molecular flexibility index (Phi) is 8.80. The van der Waals surface area contributed by atoms with Crippen molar-refractivity contribution in [3.63, 3.8) is 0 Å². The van der Waals surface area contributed by atoms with Crippen LogP contribution in [0.4, 0.5) is 0 Å². The number of carbonyl (C=O) groups excluding carboxylic acids is 1. The first-order valence-electron chi connectivity index (χ1n) is 7.59. The Hall–Kier alpha value is -1.87. The van der Waals surface area contributed by atoms with Crippen molar-refractivity contribution in [3.05, 3.63) is 44.4 Å². The molecule has 0 aliphatic carbocycles. The summed E-state index contributed by atoms with van der Waals surface area (Å²) < 4.78 is 7.48. The molecule has 7 nitrogen and oxygen atoms in total. The van der Waals surface area contributed by atoms with E-state index in [0.717, 1.165) is 0 Å². The number of methoxy groups -OCH3 is 1. The molecule has 0 aliphatic rings. The van der Waals surface area contributed by atoms with Gasteiger partial charge >= 0.3 is 0 Å². The third-order valence-electron chi connectivity index (χ3n) is 3.51. The summed E-state index contributed by atoms with van der Waals surface area (Å²) >= 11 is 11.4. The van der Waals surface area contributed by atoms with Crippen LogP contribution in [0.3, 0.4) is 0 Å². The zero-order chi connectivity index (χ0) is 18.4. The lowest BCUT2D eigenvalue weighted by Crippen LogP contribution is -2.29. The number of primary amides is 1. The first kappa shape index (κ1) is 22.2. The molecule has 10 heteroatoms. The fourth-order valence-electron chi connectivity index (χ4n) is 2.42. The van der Waals surface area contributed by atoms with Gasteiger partial charge in [-0.1, -0.05) is 11.6 Å². The predicted octanol–water partition coefficient (Wildman–Crippen LogP) is 2.12. The number of nitrogens with zero attached hydrogens (tertiary/aromatic N) is 1. The molecule has 0 radical (unpaired) electrons. The Morgan fingerprint density at radius 1 is 1.42 bits per heavy atom. The van der Waals surface area contributed by atoms with Crippen molar-refractivity contribution in [2.45, 2.75) is 13.0 Å². The van der Waals surface area contributed by atoms with Gasteiger partial charge in [-0.3, -0.25) is 14.6 Å². The molecule has 2 aromatic rings. The Morgan fingerprint density at radius 3 is 2.81 bits per heavy atom. The van der Waals surface area contributed by atoms with Gasteiger partial charge in [0.2, 0.25) is 5.91 Å². The van der Waals surface area contributed by atoms with Gasteiger partial charge in [-0.2, -0.15) is 0 Å². The molecule has 0 saturated heterocycles. The van der Waals surface area contributed by atoms with Crippen molar-refractivity contribution in [3.8, 4) is 17.0 Å². The normalized spacial score (nSPS) is 10.2. The minimum Gasteiger partial charge on any atom is -0.496 e. The van der Waals surface area contributed by atoms with Crippen molar-refractivity contribution < 1.29 is 9.53 Å². The first-order chi connectivity index (χ1) is 11.9. The second-order valence-corrected chi connectivity index (χ2v) is 6.14. The van der Waals surface area contributed by atoms with Gasteiger partial charge in [0.05, 0.1) is 19.3 Å². The lowest BCUT2D eigenvalue weighted by atomic mass is 10.1. The van der Waals surface area contributed by atoms with Crippen molar-refractivity contribution >= 4 is 42.1 Å². The van der Waals surface area contributed by atoms with E-state index < -0.39 is 5.91 Å². The van der Waals surface area contributed by atoms with E-state index in [1.807, 2.05) is 0 Å². The zero-order valence-electron chi connectivity index (χ0n) is 14.1. The number of hydrogen-bond acceptors (Lipinski definition) is 5. The lowest BCUT2D eigenvalue weighted by Gasteiger charge is -2.16. The Labute approximate surface area is 166 Å². The van der Waals surface area contributed by atoms with E-state index in [0.29, 0.717) is 46.3 Å². The third-order valence-corrected chi connectivity index (χ3v) is 4.06. The number of hydrogen-bond donors (Lipinski definition) is 3. The number of rotatable bonds is 8. The first-order valence-corrected chi connectivity index (χ1v) is 8.38. The molecule has 1 amide bonds. The van der Waals surface area contributed by atoms with Crippen LogP contribution in [0.1, 0.15) is 6.42 Å². The van der Waals surface area contributed by atoms with E-state index in [1.54, 1.807) is 29.9 Å². The summed E-state index contributed by atoms with van der Waals surface area (Å²) in [6.45, 7) is 1.23. The van der Waals surface area contributed by atoms with Crippen molar-refractivity contribution in [2.75, 3.05) is 20.2 Å². The highest BCUT2D eigenvalue weighted by atomic mass is 35.5. The number of benzene rings is 1. The highest BCUT2D eigenvalue weighted by Gasteiger charge is 2.12. The Morgan fingerprint density at radius 2 is 2.15 bits per heavy atom. The number of carbonyl (C=O) groups is 1. The number of aromatic amines is 1. The van der Waals surface area contributed by atoms with Gasteiger partial charge in [-0.05, 0) is 43.4 Å². The van der Waals surface area contributed by atoms with E-state index in [1.165, 1.54) is 6.07 Å². The number of halogens is 2. The number of amides is 1. The van der Waals surface area contributed by atoms with Gasteiger partial charge in [0, 0.05) is 23.2 Å². The summed E-state index contributed by atoms with van der Waals surface area (Å²) in [7, 11) is 1.55. The molecular weight excluding hydrogens is 399 g/mol. The topological polar surface area (TPSA) is 102 Å². The summed E-state index contributed by atoms with van der Waals surface area (Å²) in [5.74, 6) is 0.176. The third kappa shape index (κ3) is 5.84. The molecule has 0 spiro atoms. The fourth-order valence-corrected chi connectivity index (χ4v) is 2.88.